The number of Topliss-reactive ketones (excluding diaryl/α,β-unsaturated/α-hetero) is 1. The highest BCUT2D eigenvalue weighted by atomic mass is 32.2. The van der Waals surface area contributed by atoms with Crippen LogP contribution >= 0.6 is 0 Å². The Morgan fingerprint density at radius 1 is 1.16 bits per heavy atom. The van der Waals surface area contributed by atoms with E-state index in [9.17, 15) is 13.2 Å². The number of carbonyl (C=O) groups excluding carboxylic acids is 1. The summed E-state index contributed by atoms with van der Waals surface area (Å²) in [6.07, 6.45) is 3.28. The number of hydrogen-bond donors (Lipinski definition) is 2. The molecule has 0 saturated carbocycles. The van der Waals surface area contributed by atoms with Crippen LogP contribution in [0.1, 0.15) is 42.6 Å². The fourth-order valence-corrected chi connectivity index (χ4v) is 3.33. The summed E-state index contributed by atoms with van der Waals surface area (Å²) in [5.41, 5.74) is 3.45. The molecule has 0 saturated heterocycles. The van der Waals surface area contributed by atoms with E-state index < -0.39 is 10.0 Å². The first-order valence-corrected chi connectivity index (χ1v) is 9.37. The van der Waals surface area contributed by atoms with Gasteiger partial charge in [-0.25, -0.2) is 18.5 Å². The molecule has 0 aliphatic carbocycles. The second kappa shape index (κ2) is 6.09. The van der Waals surface area contributed by atoms with Gasteiger partial charge in [0.05, 0.1) is 4.90 Å². The van der Waals surface area contributed by atoms with Gasteiger partial charge in [-0.2, -0.15) is 0 Å². The molecule has 6 nitrogen and oxygen atoms in total. The first kappa shape index (κ1) is 17.3. The lowest BCUT2D eigenvalue weighted by Crippen LogP contribution is -2.12. The van der Waals surface area contributed by atoms with Gasteiger partial charge in [-0.05, 0) is 42.2 Å². The Balaban J connectivity index is 2.25. The fraction of sp³-hybridized carbons (Fsp3) is 0.222. The van der Waals surface area contributed by atoms with E-state index in [1.54, 1.807) is 18.5 Å². The highest BCUT2D eigenvalue weighted by Gasteiger charge is 2.15. The number of aromatic amines is 1. The van der Waals surface area contributed by atoms with Crippen molar-refractivity contribution in [3.8, 4) is 11.1 Å². The number of H-pyrrole nitrogens is 1. The van der Waals surface area contributed by atoms with Gasteiger partial charge in [-0.1, -0.05) is 19.9 Å². The minimum atomic E-state index is -3.82. The van der Waals surface area contributed by atoms with Crippen LogP contribution in [0.25, 0.3) is 22.2 Å². The van der Waals surface area contributed by atoms with E-state index in [1.165, 1.54) is 13.0 Å². The van der Waals surface area contributed by atoms with Gasteiger partial charge >= 0.3 is 0 Å². The average molecular weight is 357 g/mol. The van der Waals surface area contributed by atoms with Crippen molar-refractivity contribution in [3.63, 3.8) is 0 Å². The largest absolute Gasteiger partial charge is 0.345 e. The molecule has 0 fully saturated rings. The van der Waals surface area contributed by atoms with E-state index >= 15 is 0 Å². The molecule has 3 rings (SSSR count). The molecule has 0 spiro atoms. The van der Waals surface area contributed by atoms with Gasteiger partial charge in [-0.15, -0.1) is 0 Å². The number of nitrogens with two attached hydrogens (primary N) is 1. The minimum Gasteiger partial charge on any atom is -0.345 e. The Kier molecular flexibility index (Phi) is 4.22. The Morgan fingerprint density at radius 3 is 2.48 bits per heavy atom. The molecule has 0 aliphatic heterocycles. The summed E-state index contributed by atoms with van der Waals surface area (Å²) in [6.45, 7) is 5.45. The van der Waals surface area contributed by atoms with Gasteiger partial charge in [0.15, 0.2) is 5.78 Å². The van der Waals surface area contributed by atoms with Crippen LogP contribution in [0.2, 0.25) is 0 Å². The molecular formula is C18H19N3O3S. The molecule has 1 aromatic carbocycles. The maximum atomic E-state index is 11.8. The standard InChI is InChI=1S/C18H19N3O3S/c1-10(2)12-4-13(6-15(5-12)25(19,23)24)14-7-16-17(11(3)22)9-21-18(16)20-8-14/h4-10H,1-3H3,(H,20,21)(H2,19,23,24). The molecule has 0 bridgehead atoms. The normalized spacial score (nSPS) is 12.0. The number of hydrogen-bond acceptors (Lipinski definition) is 4. The van der Waals surface area contributed by atoms with Crippen LogP contribution in [-0.4, -0.2) is 24.2 Å². The number of nitrogens with zero attached hydrogens (tertiary/aromatic N) is 1. The van der Waals surface area contributed by atoms with Crippen LogP contribution in [0.15, 0.2) is 41.6 Å². The lowest BCUT2D eigenvalue weighted by Gasteiger charge is -2.11. The van der Waals surface area contributed by atoms with Crippen LogP contribution in [0.3, 0.4) is 0 Å². The van der Waals surface area contributed by atoms with E-state index in [0.717, 1.165) is 11.1 Å². The minimum absolute atomic E-state index is 0.0636. The van der Waals surface area contributed by atoms with Gasteiger partial charge in [0, 0.05) is 28.9 Å². The van der Waals surface area contributed by atoms with Crippen LogP contribution in [0, 0.1) is 0 Å². The molecule has 0 unspecified atom stereocenters. The Labute approximate surface area is 146 Å². The molecule has 130 valence electrons. The fourth-order valence-electron chi connectivity index (χ4n) is 2.74. The quantitative estimate of drug-likeness (QED) is 0.699. The highest BCUT2D eigenvalue weighted by Crippen LogP contribution is 2.30. The van der Waals surface area contributed by atoms with Crippen molar-refractivity contribution < 1.29 is 13.2 Å². The summed E-state index contributed by atoms with van der Waals surface area (Å²) in [7, 11) is -3.82. The van der Waals surface area contributed by atoms with E-state index in [4.69, 9.17) is 5.14 Å². The summed E-state index contributed by atoms with van der Waals surface area (Å²) >= 11 is 0. The van der Waals surface area contributed by atoms with Crippen LogP contribution in [0.5, 0.6) is 0 Å². The third-order valence-corrected chi connectivity index (χ3v) is 5.06. The number of benzene rings is 1. The number of nitrogens with one attached hydrogen (secondary N) is 1. The molecule has 25 heavy (non-hydrogen) atoms. The van der Waals surface area contributed by atoms with Crippen molar-refractivity contribution in [2.24, 2.45) is 5.14 Å². The van der Waals surface area contributed by atoms with Crippen molar-refractivity contribution in [1.29, 1.82) is 0 Å². The number of sulfonamides is 1. The number of aromatic nitrogens is 2. The smallest absolute Gasteiger partial charge is 0.238 e. The number of primary sulfonamides is 1. The van der Waals surface area contributed by atoms with Crippen molar-refractivity contribution in [2.45, 2.75) is 31.6 Å². The summed E-state index contributed by atoms with van der Waals surface area (Å²) in [5.74, 6) is 0.0727. The molecule has 2 aromatic heterocycles. The van der Waals surface area contributed by atoms with E-state index in [2.05, 4.69) is 9.97 Å². The molecule has 2 heterocycles. The van der Waals surface area contributed by atoms with E-state index in [0.29, 0.717) is 22.2 Å². The lowest BCUT2D eigenvalue weighted by atomic mass is 9.97. The van der Waals surface area contributed by atoms with Crippen molar-refractivity contribution >= 4 is 26.8 Å². The molecule has 0 radical (unpaired) electrons. The highest BCUT2D eigenvalue weighted by molar-refractivity contribution is 7.89. The van der Waals surface area contributed by atoms with Gasteiger partial charge in [0.25, 0.3) is 0 Å². The molecule has 3 N–H and O–H groups in total. The maximum absolute atomic E-state index is 11.8. The van der Waals surface area contributed by atoms with Crippen LogP contribution in [0.4, 0.5) is 0 Å². The van der Waals surface area contributed by atoms with Crippen LogP contribution < -0.4 is 5.14 Å². The topological polar surface area (TPSA) is 106 Å². The van der Waals surface area contributed by atoms with Crippen molar-refractivity contribution in [1.82, 2.24) is 9.97 Å². The Bertz CT molecular complexity index is 1080. The maximum Gasteiger partial charge on any atom is 0.238 e. The number of carbonyl (C=O) groups is 1. The third-order valence-electron chi connectivity index (χ3n) is 4.17. The van der Waals surface area contributed by atoms with Gasteiger partial charge in [0.2, 0.25) is 10.0 Å². The SMILES string of the molecule is CC(=O)c1c[nH]c2ncc(-c3cc(C(C)C)cc(S(N)(=O)=O)c3)cc12. The zero-order valence-corrected chi connectivity index (χ0v) is 15.0. The summed E-state index contributed by atoms with van der Waals surface area (Å²) in [6, 6.07) is 6.88. The second-order valence-corrected chi connectivity index (χ2v) is 7.93. The first-order chi connectivity index (χ1) is 11.7. The van der Waals surface area contributed by atoms with E-state index in [1.807, 2.05) is 26.0 Å². The molecule has 0 amide bonds. The zero-order valence-electron chi connectivity index (χ0n) is 14.2. The lowest BCUT2D eigenvalue weighted by molar-refractivity contribution is 0.101. The zero-order chi connectivity index (χ0) is 18.4. The van der Waals surface area contributed by atoms with Gasteiger partial charge < -0.3 is 4.98 Å². The average Bonchev–Trinajstić information content (AvgIpc) is 2.96. The van der Waals surface area contributed by atoms with Crippen molar-refractivity contribution in [3.05, 3.63) is 47.8 Å². The molecule has 7 heteroatoms. The van der Waals surface area contributed by atoms with Gasteiger partial charge in [0.1, 0.15) is 5.65 Å². The third kappa shape index (κ3) is 3.33. The number of rotatable bonds is 4. The predicted octanol–water partition coefficient (Wildman–Crippen LogP) is 3.20. The Hall–Kier alpha value is -2.51. The number of fused-ring (bicyclic) bond motifs is 1. The molecule has 3 aromatic rings. The van der Waals surface area contributed by atoms with Crippen molar-refractivity contribution in [2.75, 3.05) is 0 Å². The summed E-state index contributed by atoms with van der Waals surface area (Å²) in [5, 5.41) is 6.02. The molecular weight excluding hydrogens is 338 g/mol. The molecule has 0 aliphatic rings. The second-order valence-electron chi connectivity index (χ2n) is 6.37. The number of pyridine rings is 1. The summed E-state index contributed by atoms with van der Waals surface area (Å²) < 4.78 is 23.6. The number of ketones is 1. The molecule has 0 atom stereocenters. The monoisotopic (exact) mass is 357 g/mol. The predicted molar refractivity (Wildman–Crippen MR) is 97.0 cm³/mol. The summed E-state index contributed by atoms with van der Waals surface area (Å²) in [4.78, 5) is 19.1. The van der Waals surface area contributed by atoms with E-state index in [-0.39, 0.29) is 16.6 Å². The first-order valence-electron chi connectivity index (χ1n) is 7.83. The van der Waals surface area contributed by atoms with Gasteiger partial charge in [-0.3, -0.25) is 4.79 Å². The van der Waals surface area contributed by atoms with Crippen LogP contribution in [-0.2, 0) is 10.0 Å². The Morgan fingerprint density at radius 2 is 1.88 bits per heavy atom.